The second-order valence-corrected chi connectivity index (χ2v) is 9.89. The van der Waals surface area contributed by atoms with Gasteiger partial charge in [-0.3, -0.25) is 0 Å². The number of anilines is 2. The van der Waals surface area contributed by atoms with E-state index in [-0.39, 0.29) is 32.8 Å². The molecule has 0 saturated carbocycles. The van der Waals surface area contributed by atoms with E-state index in [4.69, 9.17) is 11.6 Å². The highest BCUT2D eigenvalue weighted by molar-refractivity contribution is 7.89. The summed E-state index contributed by atoms with van der Waals surface area (Å²) < 4.78 is 69.1. The fraction of sp³-hybridized carbons (Fsp3) is 0.368. The van der Waals surface area contributed by atoms with E-state index >= 15 is 0 Å². The molecule has 0 unspecified atom stereocenters. The van der Waals surface area contributed by atoms with Crippen LogP contribution >= 0.6 is 11.6 Å². The largest absolute Gasteiger partial charge is 0.416 e. The topological polar surface area (TPSA) is 88.4 Å². The summed E-state index contributed by atoms with van der Waals surface area (Å²) in [4.78, 5) is 4.08. The van der Waals surface area contributed by atoms with Gasteiger partial charge in [-0.1, -0.05) is 18.5 Å². The number of hydrogen-bond donors (Lipinski definition) is 2. The zero-order valence-electron chi connectivity index (χ0n) is 17.2. The number of rotatable bonds is 5. The molecule has 0 spiro atoms. The van der Waals surface area contributed by atoms with Gasteiger partial charge in [-0.2, -0.15) is 22.8 Å². The summed E-state index contributed by atoms with van der Waals surface area (Å²) in [6, 6.07) is 4.34. The van der Waals surface area contributed by atoms with E-state index in [2.05, 4.69) is 20.1 Å². The molecule has 2 aromatic heterocycles. The number of nitrogens with one attached hydrogen (secondary N) is 2. The van der Waals surface area contributed by atoms with E-state index in [1.54, 1.807) is 27.7 Å². The summed E-state index contributed by atoms with van der Waals surface area (Å²) in [5.74, 6) is 0.207. The van der Waals surface area contributed by atoms with Crippen LogP contribution < -0.4 is 10.0 Å². The summed E-state index contributed by atoms with van der Waals surface area (Å²) in [6.45, 7) is 6.86. The molecular weight excluding hydrogens is 455 g/mol. The lowest BCUT2D eigenvalue weighted by Gasteiger charge is -2.20. The van der Waals surface area contributed by atoms with Crippen molar-refractivity contribution in [3.8, 4) is 0 Å². The first-order valence-corrected chi connectivity index (χ1v) is 11.1. The average Bonchev–Trinajstić information content (AvgIpc) is 3.01. The third-order valence-corrected chi connectivity index (χ3v) is 6.31. The monoisotopic (exact) mass is 475 g/mol. The number of hydrogen-bond acceptors (Lipinski definition) is 5. The molecular formula is C19H21ClF3N5O2S. The molecule has 0 bridgehead atoms. The SMILES string of the molecule is CCc1nn2c(Nc3cc(C(F)(F)F)ccc3Cl)ccnc2c1S(=O)(=O)NC(C)(C)C. The molecule has 0 aliphatic carbocycles. The number of halogens is 4. The van der Waals surface area contributed by atoms with Gasteiger partial charge in [-0.15, -0.1) is 0 Å². The molecule has 0 amide bonds. The summed E-state index contributed by atoms with van der Waals surface area (Å²) in [5.41, 5.74) is -1.30. The zero-order valence-corrected chi connectivity index (χ0v) is 18.7. The van der Waals surface area contributed by atoms with E-state index in [0.717, 1.165) is 18.2 Å². The average molecular weight is 476 g/mol. The lowest BCUT2D eigenvalue weighted by atomic mass is 10.1. The van der Waals surface area contributed by atoms with Gasteiger partial charge in [0.25, 0.3) is 0 Å². The van der Waals surface area contributed by atoms with Crippen LogP contribution in [0.4, 0.5) is 24.7 Å². The highest BCUT2D eigenvalue weighted by Gasteiger charge is 2.32. The molecule has 0 atom stereocenters. The first-order chi connectivity index (χ1) is 14.2. The van der Waals surface area contributed by atoms with Crippen molar-refractivity contribution in [3.05, 3.63) is 46.7 Å². The van der Waals surface area contributed by atoms with Crippen molar-refractivity contribution >= 4 is 38.8 Å². The molecule has 12 heteroatoms. The van der Waals surface area contributed by atoms with Crippen LogP contribution in [-0.2, 0) is 22.6 Å². The Kier molecular flexibility index (Phi) is 5.98. The highest BCUT2D eigenvalue weighted by atomic mass is 35.5. The van der Waals surface area contributed by atoms with E-state index in [9.17, 15) is 21.6 Å². The standard InChI is InChI=1S/C19H21ClF3N5O2S/c1-5-13-16(31(29,30)27-18(2,3)4)17-24-9-8-15(28(17)26-13)25-14-10-11(19(21,22)23)6-7-12(14)20/h6-10,25,27H,5H2,1-4H3. The van der Waals surface area contributed by atoms with Crippen molar-refractivity contribution in [2.24, 2.45) is 0 Å². The number of fused-ring (bicyclic) bond motifs is 1. The Balaban J connectivity index is 2.15. The number of alkyl halides is 3. The predicted octanol–water partition coefficient (Wildman–Crippen LogP) is 4.78. The molecule has 0 radical (unpaired) electrons. The van der Waals surface area contributed by atoms with Gasteiger partial charge < -0.3 is 5.32 Å². The van der Waals surface area contributed by atoms with Crippen LogP contribution in [0, 0.1) is 0 Å². The Hall–Kier alpha value is -2.37. The van der Waals surface area contributed by atoms with Gasteiger partial charge in [0, 0.05) is 11.7 Å². The number of nitrogens with zero attached hydrogens (tertiary/aromatic N) is 3. The van der Waals surface area contributed by atoms with Crippen molar-refractivity contribution in [2.45, 2.75) is 50.7 Å². The lowest BCUT2D eigenvalue weighted by Crippen LogP contribution is -2.40. The maximum Gasteiger partial charge on any atom is 0.416 e. The Morgan fingerprint density at radius 2 is 1.84 bits per heavy atom. The molecule has 168 valence electrons. The maximum atomic E-state index is 13.1. The molecule has 2 N–H and O–H groups in total. The van der Waals surface area contributed by atoms with Crippen LogP contribution in [0.2, 0.25) is 5.02 Å². The van der Waals surface area contributed by atoms with Crippen LogP contribution in [0.5, 0.6) is 0 Å². The lowest BCUT2D eigenvalue weighted by molar-refractivity contribution is -0.137. The molecule has 7 nitrogen and oxygen atoms in total. The second kappa shape index (κ2) is 7.95. The molecule has 1 aromatic carbocycles. The minimum Gasteiger partial charge on any atom is -0.339 e. The molecule has 0 aliphatic heterocycles. The van der Waals surface area contributed by atoms with Crippen molar-refractivity contribution in [1.82, 2.24) is 19.3 Å². The van der Waals surface area contributed by atoms with E-state index in [1.807, 2.05) is 0 Å². The Bertz CT molecular complexity index is 1230. The van der Waals surface area contributed by atoms with Crippen LogP contribution in [0.15, 0.2) is 35.4 Å². The van der Waals surface area contributed by atoms with Gasteiger partial charge in [0.2, 0.25) is 10.0 Å². The van der Waals surface area contributed by atoms with Crippen molar-refractivity contribution < 1.29 is 21.6 Å². The number of aryl methyl sites for hydroxylation is 1. The molecule has 31 heavy (non-hydrogen) atoms. The normalized spacial score (nSPS) is 13.0. The van der Waals surface area contributed by atoms with E-state index in [0.29, 0.717) is 6.42 Å². The number of aromatic nitrogens is 3. The third-order valence-electron chi connectivity index (χ3n) is 4.14. The fourth-order valence-electron chi connectivity index (χ4n) is 2.96. The van der Waals surface area contributed by atoms with Gasteiger partial charge in [-0.05, 0) is 51.5 Å². The van der Waals surface area contributed by atoms with Crippen LogP contribution in [0.25, 0.3) is 5.65 Å². The first-order valence-electron chi connectivity index (χ1n) is 9.27. The van der Waals surface area contributed by atoms with E-state index < -0.39 is 27.3 Å². The number of benzene rings is 1. The predicted molar refractivity (Wildman–Crippen MR) is 112 cm³/mol. The van der Waals surface area contributed by atoms with Crippen LogP contribution in [0.3, 0.4) is 0 Å². The van der Waals surface area contributed by atoms with Crippen LogP contribution in [0.1, 0.15) is 39.0 Å². The Labute approximate surface area is 182 Å². The Morgan fingerprint density at radius 3 is 2.42 bits per heavy atom. The van der Waals surface area contributed by atoms with Gasteiger partial charge >= 0.3 is 6.18 Å². The minimum atomic E-state index is -4.55. The van der Waals surface area contributed by atoms with Gasteiger partial charge in [0.05, 0.1) is 22.0 Å². The maximum absolute atomic E-state index is 13.1. The van der Waals surface area contributed by atoms with Gasteiger partial charge in [0.1, 0.15) is 10.7 Å². The quantitative estimate of drug-likeness (QED) is 0.554. The third kappa shape index (κ3) is 4.94. The number of sulfonamides is 1. The molecule has 2 heterocycles. The summed E-state index contributed by atoms with van der Waals surface area (Å²) >= 11 is 6.08. The van der Waals surface area contributed by atoms with Crippen molar-refractivity contribution in [1.29, 1.82) is 0 Å². The highest BCUT2D eigenvalue weighted by Crippen LogP contribution is 2.35. The first kappa shape index (κ1) is 23.3. The molecule has 3 aromatic rings. The smallest absolute Gasteiger partial charge is 0.339 e. The molecule has 0 aliphatic rings. The molecule has 0 fully saturated rings. The van der Waals surface area contributed by atoms with Gasteiger partial charge in [0.15, 0.2) is 5.65 Å². The van der Waals surface area contributed by atoms with Gasteiger partial charge in [-0.25, -0.2) is 18.1 Å². The van der Waals surface area contributed by atoms with Crippen LogP contribution in [-0.4, -0.2) is 28.6 Å². The fourth-order valence-corrected chi connectivity index (χ4v) is 4.91. The van der Waals surface area contributed by atoms with E-state index in [1.165, 1.54) is 16.8 Å². The molecule has 3 rings (SSSR count). The zero-order chi connectivity index (χ0) is 23.2. The Morgan fingerprint density at radius 1 is 1.16 bits per heavy atom. The van der Waals surface area contributed by atoms with Crippen molar-refractivity contribution in [3.63, 3.8) is 0 Å². The molecule has 0 saturated heterocycles. The second-order valence-electron chi connectivity index (χ2n) is 7.87. The summed E-state index contributed by atoms with van der Waals surface area (Å²) in [7, 11) is -3.97. The van der Waals surface area contributed by atoms with Crippen molar-refractivity contribution in [2.75, 3.05) is 5.32 Å². The minimum absolute atomic E-state index is 0.00485. The summed E-state index contributed by atoms with van der Waals surface area (Å²) in [5, 5.41) is 7.20. The summed E-state index contributed by atoms with van der Waals surface area (Å²) in [6.07, 6.45) is -2.90.